The third-order valence-electron chi connectivity index (χ3n) is 3.41. The van der Waals surface area contributed by atoms with Crippen LogP contribution < -0.4 is 14.8 Å². The lowest BCUT2D eigenvalue weighted by atomic mass is 10.1. The molecule has 2 rings (SSSR count). The van der Waals surface area contributed by atoms with Crippen LogP contribution in [0.3, 0.4) is 0 Å². The molecule has 1 N–H and O–H groups in total. The van der Waals surface area contributed by atoms with E-state index in [1.807, 2.05) is 0 Å². The largest absolute Gasteiger partial charge is 0.493 e. The molecule has 1 aromatic carbocycles. The van der Waals surface area contributed by atoms with Gasteiger partial charge in [-0.15, -0.1) is 0 Å². The molecule has 0 unspecified atom stereocenters. The summed E-state index contributed by atoms with van der Waals surface area (Å²) in [6.45, 7) is 4.55. The molecule has 0 radical (unpaired) electrons. The van der Waals surface area contributed by atoms with Crippen LogP contribution in [0, 0.1) is 10.1 Å². The standard InChI is InChI=1S/C14H19N3O5/c1-3-22-13-8-10(11(17(19)20)9-12(13)21-2)14(18)16-6-4-15-5-7-16/h8-9,15H,3-7H2,1-2H3. The Balaban J connectivity index is 2.44. The van der Waals surface area contributed by atoms with E-state index in [2.05, 4.69) is 5.32 Å². The Labute approximate surface area is 128 Å². The van der Waals surface area contributed by atoms with Gasteiger partial charge in [0.25, 0.3) is 11.6 Å². The monoisotopic (exact) mass is 309 g/mol. The first-order valence-electron chi connectivity index (χ1n) is 7.07. The topological polar surface area (TPSA) is 93.9 Å². The van der Waals surface area contributed by atoms with Gasteiger partial charge in [-0.05, 0) is 6.92 Å². The SMILES string of the molecule is CCOc1cc(C(=O)N2CCNCC2)c([N+](=O)[O-])cc1OC. The molecule has 0 bridgehead atoms. The number of nitrogens with zero attached hydrogens (tertiary/aromatic N) is 2. The third kappa shape index (κ3) is 3.28. The van der Waals surface area contributed by atoms with Crippen molar-refractivity contribution >= 4 is 11.6 Å². The fourth-order valence-electron chi connectivity index (χ4n) is 2.34. The highest BCUT2D eigenvalue weighted by Gasteiger charge is 2.28. The summed E-state index contributed by atoms with van der Waals surface area (Å²) in [7, 11) is 1.40. The predicted octanol–water partition coefficient (Wildman–Crippen LogP) is 1.05. The van der Waals surface area contributed by atoms with Crippen LogP contribution in [0.25, 0.3) is 0 Å². The number of carbonyl (C=O) groups is 1. The Kier molecular flexibility index (Phi) is 5.16. The van der Waals surface area contributed by atoms with Crippen LogP contribution in [0.2, 0.25) is 0 Å². The number of amides is 1. The van der Waals surface area contributed by atoms with Crippen molar-refractivity contribution in [1.29, 1.82) is 0 Å². The number of rotatable bonds is 5. The zero-order valence-electron chi connectivity index (χ0n) is 12.6. The van der Waals surface area contributed by atoms with Crippen molar-refractivity contribution < 1.29 is 19.2 Å². The van der Waals surface area contributed by atoms with E-state index < -0.39 is 4.92 Å². The lowest BCUT2D eigenvalue weighted by Gasteiger charge is -2.27. The van der Waals surface area contributed by atoms with Gasteiger partial charge < -0.3 is 19.7 Å². The van der Waals surface area contributed by atoms with E-state index in [-0.39, 0.29) is 22.9 Å². The van der Waals surface area contributed by atoms with Gasteiger partial charge in [0.1, 0.15) is 5.56 Å². The Morgan fingerprint density at radius 3 is 2.59 bits per heavy atom. The first-order chi connectivity index (χ1) is 10.6. The van der Waals surface area contributed by atoms with Crippen molar-refractivity contribution in [2.24, 2.45) is 0 Å². The van der Waals surface area contributed by atoms with Gasteiger partial charge in [0.15, 0.2) is 11.5 Å². The summed E-state index contributed by atoms with van der Waals surface area (Å²) in [5.41, 5.74) is -0.250. The Morgan fingerprint density at radius 1 is 1.36 bits per heavy atom. The number of hydrogen-bond acceptors (Lipinski definition) is 6. The lowest BCUT2D eigenvalue weighted by molar-refractivity contribution is -0.385. The number of nitro benzene ring substituents is 1. The Bertz CT molecular complexity index is 570. The van der Waals surface area contributed by atoms with Crippen LogP contribution in [-0.2, 0) is 0 Å². The van der Waals surface area contributed by atoms with Gasteiger partial charge in [-0.3, -0.25) is 14.9 Å². The fraction of sp³-hybridized carbons (Fsp3) is 0.500. The molecule has 0 aliphatic carbocycles. The highest BCUT2D eigenvalue weighted by atomic mass is 16.6. The Hall–Kier alpha value is -2.35. The van der Waals surface area contributed by atoms with Crippen LogP contribution >= 0.6 is 0 Å². The van der Waals surface area contributed by atoms with Gasteiger partial charge in [0.05, 0.1) is 24.7 Å². The zero-order chi connectivity index (χ0) is 16.1. The van der Waals surface area contributed by atoms with Gasteiger partial charge in [-0.1, -0.05) is 0 Å². The molecule has 1 saturated heterocycles. The van der Waals surface area contributed by atoms with Gasteiger partial charge in [-0.25, -0.2) is 0 Å². The minimum Gasteiger partial charge on any atom is -0.493 e. The van der Waals surface area contributed by atoms with Crippen molar-refractivity contribution in [3.8, 4) is 11.5 Å². The summed E-state index contributed by atoms with van der Waals surface area (Å²) in [5.74, 6) is 0.205. The van der Waals surface area contributed by atoms with E-state index in [1.54, 1.807) is 11.8 Å². The van der Waals surface area contributed by atoms with Crippen LogP contribution in [0.15, 0.2) is 12.1 Å². The molecule has 8 heteroatoms. The summed E-state index contributed by atoms with van der Waals surface area (Å²) < 4.78 is 10.5. The molecule has 120 valence electrons. The molecular formula is C14H19N3O5. The maximum Gasteiger partial charge on any atom is 0.286 e. The molecule has 1 aromatic rings. The number of nitro groups is 1. The molecule has 1 amide bonds. The van der Waals surface area contributed by atoms with Crippen LogP contribution in [0.5, 0.6) is 11.5 Å². The van der Waals surface area contributed by atoms with Crippen LogP contribution in [0.4, 0.5) is 5.69 Å². The number of nitrogens with one attached hydrogen (secondary N) is 1. The third-order valence-corrected chi connectivity index (χ3v) is 3.41. The van der Waals surface area contributed by atoms with Gasteiger partial charge >= 0.3 is 0 Å². The van der Waals surface area contributed by atoms with Crippen molar-refractivity contribution in [2.75, 3.05) is 39.9 Å². The van der Waals surface area contributed by atoms with Gasteiger partial charge in [-0.2, -0.15) is 0 Å². The molecule has 8 nitrogen and oxygen atoms in total. The smallest absolute Gasteiger partial charge is 0.286 e. The summed E-state index contributed by atoms with van der Waals surface area (Å²) >= 11 is 0. The van der Waals surface area contributed by atoms with Crippen molar-refractivity contribution in [3.63, 3.8) is 0 Å². The normalized spacial score (nSPS) is 14.5. The second-order valence-corrected chi connectivity index (χ2v) is 4.75. The highest BCUT2D eigenvalue weighted by Crippen LogP contribution is 2.35. The molecule has 1 aliphatic heterocycles. The van der Waals surface area contributed by atoms with E-state index >= 15 is 0 Å². The molecule has 22 heavy (non-hydrogen) atoms. The van der Waals surface area contributed by atoms with E-state index in [0.29, 0.717) is 38.5 Å². The van der Waals surface area contributed by atoms with Crippen molar-refractivity contribution in [1.82, 2.24) is 10.2 Å². The van der Waals surface area contributed by atoms with E-state index in [9.17, 15) is 14.9 Å². The molecule has 1 aliphatic rings. The maximum absolute atomic E-state index is 12.6. The van der Waals surface area contributed by atoms with Crippen molar-refractivity contribution in [2.45, 2.75) is 6.92 Å². The summed E-state index contributed by atoms with van der Waals surface area (Å²) in [6, 6.07) is 2.63. The molecular weight excluding hydrogens is 290 g/mol. The minimum atomic E-state index is -0.576. The average molecular weight is 309 g/mol. The Morgan fingerprint density at radius 2 is 2.05 bits per heavy atom. The summed E-state index contributed by atoms with van der Waals surface area (Å²) in [6.07, 6.45) is 0. The van der Waals surface area contributed by atoms with Gasteiger partial charge in [0.2, 0.25) is 0 Å². The second kappa shape index (κ2) is 7.08. The molecule has 0 atom stereocenters. The number of hydrogen-bond donors (Lipinski definition) is 1. The number of carbonyl (C=O) groups excluding carboxylic acids is 1. The number of methoxy groups -OCH3 is 1. The van der Waals surface area contributed by atoms with Crippen LogP contribution in [-0.4, -0.2) is 55.6 Å². The molecule has 0 saturated carbocycles. The highest BCUT2D eigenvalue weighted by molar-refractivity contribution is 5.99. The quantitative estimate of drug-likeness (QED) is 0.645. The molecule has 0 spiro atoms. The fourth-order valence-corrected chi connectivity index (χ4v) is 2.34. The van der Waals surface area contributed by atoms with Gasteiger partial charge in [0, 0.05) is 32.2 Å². The number of ether oxygens (including phenoxy) is 2. The second-order valence-electron chi connectivity index (χ2n) is 4.75. The van der Waals surface area contributed by atoms with E-state index in [1.165, 1.54) is 19.2 Å². The average Bonchev–Trinajstić information content (AvgIpc) is 2.54. The number of piperazine rings is 1. The minimum absolute atomic E-state index is 0.0242. The van der Waals surface area contributed by atoms with Crippen molar-refractivity contribution in [3.05, 3.63) is 27.8 Å². The lowest BCUT2D eigenvalue weighted by Crippen LogP contribution is -2.46. The zero-order valence-corrected chi connectivity index (χ0v) is 12.6. The molecule has 1 heterocycles. The summed E-state index contributed by atoms with van der Waals surface area (Å²) in [5, 5.41) is 14.4. The molecule has 0 aromatic heterocycles. The first kappa shape index (κ1) is 16.0. The summed E-state index contributed by atoms with van der Waals surface area (Å²) in [4.78, 5) is 24.9. The van der Waals surface area contributed by atoms with E-state index in [4.69, 9.17) is 9.47 Å². The predicted molar refractivity (Wildman–Crippen MR) is 79.6 cm³/mol. The number of benzene rings is 1. The maximum atomic E-state index is 12.6. The van der Waals surface area contributed by atoms with Crippen LogP contribution in [0.1, 0.15) is 17.3 Å². The van der Waals surface area contributed by atoms with E-state index in [0.717, 1.165) is 0 Å². The first-order valence-corrected chi connectivity index (χ1v) is 7.07. The molecule has 1 fully saturated rings.